The quantitative estimate of drug-likeness (QED) is 0.329. The number of ether oxygens (including phenoxy) is 2. The van der Waals surface area contributed by atoms with Crippen molar-refractivity contribution in [3.05, 3.63) is 72.6 Å². The molecule has 33 heavy (non-hydrogen) atoms. The van der Waals surface area contributed by atoms with Gasteiger partial charge in [-0.25, -0.2) is 14.5 Å². The van der Waals surface area contributed by atoms with E-state index in [-0.39, 0.29) is 11.5 Å². The van der Waals surface area contributed by atoms with Crippen LogP contribution in [0, 0.1) is 0 Å². The van der Waals surface area contributed by atoms with Crippen LogP contribution >= 0.6 is 0 Å². The lowest BCUT2D eigenvalue weighted by molar-refractivity contribution is 0.0518. The van der Waals surface area contributed by atoms with Crippen molar-refractivity contribution in [2.45, 2.75) is 13.8 Å². The molecule has 0 aliphatic rings. The van der Waals surface area contributed by atoms with Crippen LogP contribution in [-0.2, 0) is 18.8 Å². The molecule has 9 nitrogen and oxygen atoms in total. The monoisotopic (exact) mass is 449 g/mol. The molecule has 4 aromatic rings. The molecule has 0 saturated carbocycles. The first kappa shape index (κ1) is 23.5. The Kier molecular flexibility index (Phi) is 7.45. The Morgan fingerprint density at radius 1 is 1.03 bits per heavy atom. The summed E-state index contributed by atoms with van der Waals surface area (Å²) in [5.74, 6) is 0.184. The molecule has 4 rings (SSSR count). The molecule has 0 aromatic carbocycles. The zero-order valence-corrected chi connectivity index (χ0v) is 19.3. The Labute approximate surface area is 192 Å². The molecule has 4 aromatic heterocycles. The lowest BCUT2D eigenvalue weighted by Gasteiger charge is -2.06. The minimum absolute atomic E-state index is 0.121. The summed E-state index contributed by atoms with van der Waals surface area (Å²) in [5, 5.41) is 4.39. The zero-order chi connectivity index (χ0) is 24.0. The molecule has 0 fully saturated rings. The highest BCUT2D eigenvalue weighted by Gasteiger charge is 2.18. The van der Waals surface area contributed by atoms with Crippen molar-refractivity contribution >= 4 is 11.8 Å². The number of pyridine rings is 1. The van der Waals surface area contributed by atoms with Crippen LogP contribution in [0.5, 0.6) is 5.88 Å². The fourth-order valence-electron chi connectivity index (χ4n) is 3.07. The van der Waals surface area contributed by atoms with Gasteiger partial charge >= 0.3 is 5.97 Å². The van der Waals surface area contributed by atoms with Gasteiger partial charge in [-0.2, -0.15) is 5.10 Å². The van der Waals surface area contributed by atoms with Crippen molar-refractivity contribution in [3.63, 3.8) is 0 Å². The van der Waals surface area contributed by atoms with Crippen LogP contribution in [0.4, 0.5) is 0 Å². The maximum absolute atomic E-state index is 12.0. The van der Waals surface area contributed by atoms with Crippen molar-refractivity contribution < 1.29 is 19.1 Å². The first-order chi connectivity index (χ1) is 15.8. The van der Waals surface area contributed by atoms with Crippen LogP contribution in [0.3, 0.4) is 0 Å². The van der Waals surface area contributed by atoms with E-state index in [2.05, 4.69) is 10.1 Å². The summed E-state index contributed by atoms with van der Waals surface area (Å²) in [7, 11) is 5.39. The van der Waals surface area contributed by atoms with Crippen molar-refractivity contribution in [2.75, 3.05) is 13.7 Å². The van der Waals surface area contributed by atoms with Crippen LogP contribution in [0.15, 0.2) is 61.3 Å². The molecule has 0 atom stereocenters. The molecule has 4 heterocycles. The normalized spacial score (nSPS) is 10.3. The lowest BCUT2D eigenvalue weighted by atomic mass is 10.2. The van der Waals surface area contributed by atoms with Gasteiger partial charge in [0.1, 0.15) is 0 Å². The van der Waals surface area contributed by atoms with Crippen molar-refractivity contribution in [3.8, 4) is 22.8 Å². The average molecular weight is 450 g/mol. The summed E-state index contributed by atoms with van der Waals surface area (Å²) in [4.78, 5) is 26.9. The summed E-state index contributed by atoms with van der Waals surface area (Å²) < 4.78 is 15.6. The number of hydrogen-bond donors (Lipinski definition) is 0. The summed E-state index contributed by atoms with van der Waals surface area (Å²) in [5.41, 5.74) is 3.48. The highest BCUT2D eigenvalue weighted by molar-refractivity contribution is 5.93. The Bertz CT molecular complexity index is 1230. The standard InChI is InChI=1S/C17H18N4O3.C7H9NO/c1-4-24-17(22)14-9-15(12-7-8-20(2)11-12)21(19-14)13-5-6-16(23-3)18-10-13;1-6(9)7-3-4-8(2)5-7/h5-11H,4H2,1-3H3;3-5H,1-2H3. The highest BCUT2D eigenvalue weighted by atomic mass is 16.5. The summed E-state index contributed by atoms with van der Waals surface area (Å²) in [6.07, 6.45) is 9.20. The predicted molar refractivity (Wildman–Crippen MR) is 124 cm³/mol. The van der Waals surface area contributed by atoms with Gasteiger partial charge < -0.3 is 18.6 Å². The molecule has 0 saturated heterocycles. The third-order valence-electron chi connectivity index (χ3n) is 4.73. The number of ketones is 1. The minimum Gasteiger partial charge on any atom is -0.481 e. The second-order valence-corrected chi connectivity index (χ2v) is 7.29. The van der Waals surface area contributed by atoms with Crippen LogP contribution in [0.1, 0.15) is 34.7 Å². The Balaban J connectivity index is 0.000000286. The second-order valence-electron chi connectivity index (χ2n) is 7.29. The molecule has 0 aliphatic carbocycles. The number of carbonyl (C=O) groups excluding carboxylic acids is 2. The Hall–Kier alpha value is -4.14. The fraction of sp³-hybridized carbons (Fsp3) is 0.250. The predicted octanol–water partition coefficient (Wildman–Crippen LogP) is 3.69. The number of methoxy groups -OCH3 is 1. The van der Waals surface area contributed by atoms with Crippen molar-refractivity contribution in [1.29, 1.82) is 0 Å². The number of carbonyl (C=O) groups is 2. The third kappa shape index (κ3) is 5.76. The lowest BCUT2D eigenvalue weighted by Crippen LogP contribution is -2.07. The van der Waals surface area contributed by atoms with E-state index in [0.29, 0.717) is 12.5 Å². The molecule has 172 valence electrons. The molecular formula is C24H27N5O4. The van der Waals surface area contributed by atoms with Gasteiger partial charge in [0.2, 0.25) is 5.88 Å². The first-order valence-electron chi connectivity index (χ1n) is 10.3. The molecule has 0 unspecified atom stereocenters. The zero-order valence-electron chi connectivity index (χ0n) is 19.3. The summed E-state index contributed by atoms with van der Waals surface area (Å²) >= 11 is 0. The molecule has 0 amide bonds. The molecule has 0 N–H and O–H groups in total. The summed E-state index contributed by atoms with van der Waals surface area (Å²) in [6, 6.07) is 9.06. The van der Waals surface area contributed by atoms with E-state index in [9.17, 15) is 9.59 Å². The molecule has 0 aliphatic heterocycles. The number of aryl methyl sites for hydroxylation is 2. The SMILES string of the molecule is CC(=O)c1ccn(C)c1.CCOC(=O)c1cc(-c2ccn(C)c2)n(-c2ccc(OC)nc2)n1. The van der Waals surface area contributed by atoms with Crippen molar-refractivity contribution in [2.24, 2.45) is 14.1 Å². The van der Waals surface area contributed by atoms with E-state index in [0.717, 1.165) is 22.5 Å². The van der Waals surface area contributed by atoms with Gasteiger partial charge in [-0.15, -0.1) is 0 Å². The van der Waals surface area contributed by atoms with Gasteiger partial charge in [0.25, 0.3) is 0 Å². The van der Waals surface area contributed by atoms with Crippen LogP contribution in [-0.4, -0.2) is 49.4 Å². The first-order valence-corrected chi connectivity index (χ1v) is 10.3. The topological polar surface area (TPSA) is 93.2 Å². The van der Waals surface area contributed by atoms with Gasteiger partial charge in [0, 0.05) is 56.1 Å². The average Bonchev–Trinajstić information content (AvgIpc) is 3.54. The molecule has 0 radical (unpaired) electrons. The van der Waals surface area contributed by atoms with E-state index < -0.39 is 5.97 Å². The van der Waals surface area contributed by atoms with E-state index in [1.165, 1.54) is 0 Å². The van der Waals surface area contributed by atoms with E-state index in [1.807, 2.05) is 66.2 Å². The number of nitrogens with zero attached hydrogens (tertiary/aromatic N) is 5. The number of Topliss-reactive ketones (excluding diaryl/α,β-unsaturated/α-hetero) is 1. The molecule has 9 heteroatoms. The third-order valence-corrected chi connectivity index (χ3v) is 4.73. The number of rotatable bonds is 6. The number of aromatic nitrogens is 5. The largest absolute Gasteiger partial charge is 0.481 e. The number of esters is 1. The van der Waals surface area contributed by atoms with Gasteiger partial charge in [-0.3, -0.25) is 4.79 Å². The Morgan fingerprint density at radius 2 is 1.76 bits per heavy atom. The smallest absolute Gasteiger partial charge is 0.358 e. The van der Waals surface area contributed by atoms with E-state index in [4.69, 9.17) is 9.47 Å². The summed E-state index contributed by atoms with van der Waals surface area (Å²) in [6.45, 7) is 3.63. The second kappa shape index (κ2) is 10.4. The Morgan fingerprint density at radius 3 is 2.24 bits per heavy atom. The van der Waals surface area contributed by atoms with Gasteiger partial charge in [-0.1, -0.05) is 0 Å². The molecule has 0 spiro atoms. The van der Waals surface area contributed by atoms with E-state index >= 15 is 0 Å². The number of hydrogen-bond acceptors (Lipinski definition) is 6. The molecule has 0 bridgehead atoms. The minimum atomic E-state index is -0.449. The maximum atomic E-state index is 12.0. The maximum Gasteiger partial charge on any atom is 0.358 e. The van der Waals surface area contributed by atoms with E-state index in [1.54, 1.807) is 44.0 Å². The van der Waals surface area contributed by atoms with Gasteiger partial charge in [0.05, 0.1) is 31.3 Å². The van der Waals surface area contributed by atoms with Gasteiger partial charge in [-0.05, 0) is 38.1 Å². The van der Waals surface area contributed by atoms with Gasteiger partial charge in [0.15, 0.2) is 11.5 Å². The highest BCUT2D eigenvalue weighted by Crippen LogP contribution is 2.25. The van der Waals surface area contributed by atoms with Crippen LogP contribution in [0.2, 0.25) is 0 Å². The van der Waals surface area contributed by atoms with Crippen LogP contribution in [0.25, 0.3) is 16.9 Å². The van der Waals surface area contributed by atoms with Crippen molar-refractivity contribution in [1.82, 2.24) is 23.9 Å². The fourth-order valence-corrected chi connectivity index (χ4v) is 3.07. The molecular weight excluding hydrogens is 422 g/mol. The van der Waals surface area contributed by atoms with Crippen LogP contribution < -0.4 is 4.74 Å².